The Morgan fingerprint density at radius 3 is 2.48 bits per heavy atom. The van der Waals surface area contributed by atoms with E-state index in [1.54, 1.807) is 23.5 Å². The van der Waals surface area contributed by atoms with Gasteiger partial charge in [-0.2, -0.15) is 13.2 Å². The van der Waals surface area contributed by atoms with Gasteiger partial charge in [0.1, 0.15) is 6.61 Å². The second-order valence-electron chi connectivity index (χ2n) is 5.31. The lowest BCUT2D eigenvalue weighted by atomic mass is 10.1. The van der Waals surface area contributed by atoms with Gasteiger partial charge in [-0.1, -0.05) is 18.2 Å². The zero-order valence-corrected chi connectivity index (χ0v) is 12.9. The summed E-state index contributed by atoms with van der Waals surface area (Å²) in [5, 5.41) is 1.98. The van der Waals surface area contributed by atoms with Crippen molar-refractivity contribution in [1.29, 1.82) is 0 Å². The van der Waals surface area contributed by atoms with Crippen molar-refractivity contribution in [2.24, 2.45) is 0 Å². The number of nitrogens with zero attached hydrogens (tertiary/aromatic N) is 1. The van der Waals surface area contributed by atoms with Crippen LogP contribution in [0.1, 0.15) is 10.4 Å². The number of carbonyl (C=O) groups is 1. The molecular formula is C16H14F3NO2S. The van der Waals surface area contributed by atoms with Gasteiger partial charge in [-0.15, -0.1) is 11.3 Å². The van der Waals surface area contributed by atoms with Crippen LogP contribution < -0.4 is 0 Å². The number of ether oxygens (including phenoxy) is 1. The van der Waals surface area contributed by atoms with Crippen LogP contribution in [-0.4, -0.2) is 42.8 Å². The molecule has 2 heterocycles. The van der Waals surface area contributed by atoms with Crippen LogP contribution in [0.15, 0.2) is 41.8 Å². The van der Waals surface area contributed by atoms with Gasteiger partial charge in [0.15, 0.2) is 0 Å². The lowest BCUT2D eigenvalue weighted by molar-refractivity contribution is -0.196. The molecule has 23 heavy (non-hydrogen) atoms. The fraction of sp³-hybridized carbons (Fsp3) is 0.312. The first-order valence-corrected chi connectivity index (χ1v) is 7.92. The van der Waals surface area contributed by atoms with E-state index in [2.05, 4.69) is 0 Å². The molecule has 0 atom stereocenters. The summed E-state index contributed by atoms with van der Waals surface area (Å²) < 4.78 is 40.8. The van der Waals surface area contributed by atoms with Crippen molar-refractivity contribution in [1.82, 2.24) is 4.90 Å². The highest BCUT2D eigenvalue weighted by Gasteiger charge is 2.36. The minimum Gasteiger partial charge on any atom is -0.365 e. The molecule has 0 radical (unpaired) electrons. The maximum Gasteiger partial charge on any atom is 0.411 e. The van der Waals surface area contributed by atoms with E-state index in [-0.39, 0.29) is 19.0 Å². The van der Waals surface area contributed by atoms with Gasteiger partial charge in [-0.3, -0.25) is 4.79 Å². The summed E-state index contributed by atoms with van der Waals surface area (Å²) in [5.41, 5.74) is 1.56. The Hall–Kier alpha value is -1.86. The molecule has 0 bridgehead atoms. The number of alkyl halides is 3. The Labute approximate surface area is 135 Å². The van der Waals surface area contributed by atoms with Crippen LogP contribution in [0.25, 0.3) is 10.4 Å². The lowest BCUT2D eigenvalue weighted by Crippen LogP contribution is -2.55. The maximum absolute atomic E-state index is 12.2. The Kier molecular flexibility index (Phi) is 4.41. The zero-order chi connectivity index (χ0) is 16.4. The van der Waals surface area contributed by atoms with Crippen LogP contribution in [-0.2, 0) is 4.74 Å². The van der Waals surface area contributed by atoms with E-state index in [1.807, 2.05) is 29.6 Å². The average Bonchev–Trinajstić information content (AvgIpc) is 2.98. The van der Waals surface area contributed by atoms with E-state index in [1.165, 1.54) is 4.90 Å². The first kappa shape index (κ1) is 16.0. The minimum absolute atomic E-state index is 0.186. The Morgan fingerprint density at radius 2 is 1.91 bits per heavy atom. The quantitative estimate of drug-likeness (QED) is 0.846. The van der Waals surface area contributed by atoms with Crippen LogP contribution in [0.2, 0.25) is 0 Å². The third-order valence-corrected chi connectivity index (χ3v) is 4.47. The summed E-state index contributed by atoms with van der Waals surface area (Å²) in [5.74, 6) is -0.186. The molecular weight excluding hydrogens is 327 g/mol. The molecule has 0 N–H and O–H groups in total. The second kappa shape index (κ2) is 6.33. The molecule has 3 nitrogen and oxygen atoms in total. The fourth-order valence-corrected chi connectivity index (χ4v) is 3.06. The topological polar surface area (TPSA) is 29.5 Å². The molecule has 0 aliphatic carbocycles. The third kappa shape index (κ3) is 3.92. The number of thiophene rings is 1. The Morgan fingerprint density at radius 1 is 1.22 bits per heavy atom. The molecule has 122 valence electrons. The summed E-state index contributed by atoms with van der Waals surface area (Å²) in [4.78, 5) is 14.8. The van der Waals surface area contributed by atoms with Crippen molar-refractivity contribution >= 4 is 17.2 Å². The van der Waals surface area contributed by atoms with E-state index >= 15 is 0 Å². The standard InChI is InChI=1S/C16H14F3NO2S/c17-16(18,19)10-22-13-8-20(9-13)15(21)12-5-3-11(4-6-12)14-2-1-7-23-14/h1-7,13H,8-10H2. The minimum atomic E-state index is -4.33. The molecule has 1 amide bonds. The number of likely N-dealkylation sites (tertiary alicyclic amines) is 1. The molecule has 1 aromatic heterocycles. The van der Waals surface area contributed by atoms with Crippen molar-refractivity contribution in [2.45, 2.75) is 12.3 Å². The van der Waals surface area contributed by atoms with Gasteiger partial charge in [-0.05, 0) is 29.1 Å². The van der Waals surface area contributed by atoms with Gasteiger partial charge in [0.25, 0.3) is 5.91 Å². The molecule has 0 unspecified atom stereocenters. The number of carbonyl (C=O) groups excluding carboxylic acids is 1. The third-order valence-electron chi connectivity index (χ3n) is 3.56. The summed E-state index contributed by atoms with van der Waals surface area (Å²) in [6.45, 7) is -0.877. The molecule has 1 aromatic carbocycles. The molecule has 1 aliphatic heterocycles. The van der Waals surface area contributed by atoms with Gasteiger partial charge >= 0.3 is 6.18 Å². The number of hydrogen-bond acceptors (Lipinski definition) is 3. The fourth-order valence-electron chi connectivity index (χ4n) is 2.32. The predicted octanol–water partition coefficient (Wildman–Crippen LogP) is 3.82. The number of hydrogen-bond donors (Lipinski definition) is 0. The summed E-state index contributed by atoms with van der Waals surface area (Å²) in [6, 6.07) is 11.2. The molecule has 3 rings (SSSR count). The largest absolute Gasteiger partial charge is 0.411 e. The molecule has 0 spiro atoms. The smallest absolute Gasteiger partial charge is 0.365 e. The lowest BCUT2D eigenvalue weighted by Gasteiger charge is -2.39. The summed E-state index contributed by atoms with van der Waals surface area (Å²) >= 11 is 1.62. The zero-order valence-electron chi connectivity index (χ0n) is 12.0. The van der Waals surface area contributed by atoms with Gasteiger partial charge < -0.3 is 9.64 Å². The molecule has 2 aromatic rings. The van der Waals surface area contributed by atoms with Gasteiger partial charge in [0.2, 0.25) is 0 Å². The molecule has 7 heteroatoms. The van der Waals surface area contributed by atoms with Gasteiger partial charge in [0, 0.05) is 23.5 Å². The normalized spacial score (nSPS) is 15.5. The highest BCUT2D eigenvalue weighted by atomic mass is 32.1. The predicted molar refractivity (Wildman–Crippen MR) is 81.5 cm³/mol. The van der Waals surface area contributed by atoms with Crippen LogP contribution in [0.4, 0.5) is 13.2 Å². The Balaban J connectivity index is 1.54. The van der Waals surface area contributed by atoms with Crippen LogP contribution in [0.3, 0.4) is 0 Å². The summed E-state index contributed by atoms with van der Waals surface area (Å²) in [7, 11) is 0. The van der Waals surface area contributed by atoms with E-state index < -0.39 is 18.9 Å². The van der Waals surface area contributed by atoms with Crippen molar-refractivity contribution in [2.75, 3.05) is 19.7 Å². The van der Waals surface area contributed by atoms with E-state index in [9.17, 15) is 18.0 Å². The first-order chi connectivity index (χ1) is 10.9. The number of halogens is 3. The van der Waals surface area contributed by atoms with Gasteiger partial charge in [-0.25, -0.2) is 0 Å². The van der Waals surface area contributed by atoms with Gasteiger partial charge in [0.05, 0.1) is 6.10 Å². The van der Waals surface area contributed by atoms with Crippen molar-refractivity contribution in [3.05, 3.63) is 47.3 Å². The van der Waals surface area contributed by atoms with Crippen molar-refractivity contribution in [3.63, 3.8) is 0 Å². The average molecular weight is 341 g/mol. The van der Waals surface area contributed by atoms with Crippen molar-refractivity contribution < 1.29 is 22.7 Å². The highest BCUT2D eigenvalue weighted by molar-refractivity contribution is 7.13. The van der Waals surface area contributed by atoms with E-state index in [4.69, 9.17) is 4.74 Å². The molecule has 1 fully saturated rings. The van der Waals surface area contributed by atoms with E-state index in [0.29, 0.717) is 5.56 Å². The van der Waals surface area contributed by atoms with Crippen LogP contribution >= 0.6 is 11.3 Å². The molecule has 0 saturated carbocycles. The monoisotopic (exact) mass is 341 g/mol. The molecule has 1 saturated heterocycles. The first-order valence-electron chi connectivity index (χ1n) is 7.04. The second-order valence-corrected chi connectivity index (χ2v) is 6.26. The highest BCUT2D eigenvalue weighted by Crippen LogP contribution is 2.26. The van der Waals surface area contributed by atoms with Crippen LogP contribution in [0.5, 0.6) is 0 Å². The van der Waals surface area contributed by atoms with E-state index in [0.717, 1.165) is 10.4 Å². The van der Waals surface area contributed by atoms with Crippen LogP contribution in [0, 0.1) is 0 Å². The molecule has 1 aliphatic rings. The van der Waals surface area contributed by atoms with Crippen molar-refractivity contribution in [3.8, 4) is 10.4 Å². The summed E-state index contributed by atoms with van der Waals surface area (Å²) in [6.07, 6.45) is -4.87. The Bertz CT molecular complexity index is 662. The number of amides is 1. The number of rotatable bonds is 4. The number of benzene rings is 1. The maximum atomic E-state index is 12.2. The SMILES string of the molecule is O=C(c1ccc(-c2cccs2)cc1)N1CC(OCC(F)(F)F)C1.